The Bertz CT molecular complexity index is 437. The van der Waals surface area contributed by atoms with Gasteiger partial charge in [-0.1, -0.05) is 12.2 Å². The molecule has 0 aliphatic rings. The number of thiocarbonyl (C=S) groups is 1. The molecule has 0 atom stereocenters. The number of rotatable bonds is 3. The van der Waals surface area contributed by atoms with Crippen LogP contribution in [0.2, 0.25) is 0 Å². The second-order valence-corrected chi connectivity index (χ2v) is 5.73. The van der Waals surface area contributed by atoms with Crippen LogP contribution in [-0.2, 0) is 0 Å². The molecule has 0 radical (unpaired) electrons. The largest absolute Gasteiger partial charge is 0.391 e. The van der Waals surface area contributed by atoms with Crippen molar-refractivity contribution in [2.24, 2.45) is 5.73 Å². The lowest BCUT2D eigenvalue weighted by Crippen LogP contribution is -2.52. The Morgan fingerprint density at radius 3 is 2.44 bits per heavy atom. The van der Waals surface area contributed by atoms with Crippen LogP contribution < -0.4 is 11.1 Å². The Labute approximate surface area is 104 Å². The first-order chi connectivity index (χ1) is 7.24. The molecular formula is C10H15N3OS2. The van der Waals surface area contributed by atoms with Gasteiger partial charge in [-0.25, -0.2) is 4.98 Å². The van der Waals surface area contributed by atoms with E-state index in [1.54, 1.807) is 13.8 Å². The molecule has 1 heterocycles. The third-order valence-electron chi connectivity index (χ3n) is 2.15. The van der Waals surface area contributed by atoms with Gasteiger partial charge in [0.25, 0.3) is 5.91 Å². The summed E-state index contributed by atoms with van der Waals surface area (Å²) in [6, 6.07) is 0. The maximum atomic E-state index is 11.9. The van der Waals surface area contributed by atoms with Gasteiger partial charge in [-0.2, -0.15) is 0 Å². The van der Waals surface area contributed by atoms with E-state index in [-0.39, 0.29) is 10.9 Å². The molecule has 3 N–H and O–H groups in total. The lowest BCUT2D eigenvalue weighted by molar-refractivity contribution is 0.0935. The van der Waals surface area contributed by atoms with E-state index < -0.39 is 5.54 Å². The summed E-state index contributed by atoms with van der Waals surface area (Å²) in [4.78, 5) is 17.0. The molecule has 1 rings (SSSR count). The third kappa shape index (κ3) is 2.76. The van der Waals surface area contributed by atoms with Gasteiger partial charge in [-0.3, -0.25) is 4.79 Å². The van der Waals surface area contributed by atoms with Gasteiger partial charge in [0.05, 0.1) is 21.2 Å². The van der Waals surface area contributed by atoms with Crippen molar-refractivity contribution < 1.29 is 4.79 Å². The van der Waals surface area contributed by atoms with Crippen LogP contribution in [-0.4, -0.2) is 21.4 Å². The van der Waals surface area contributed by atoms with Crippen molar-refractivity contribution in [3.8, 4) is 0 Å². The molecule has 16 heavy (non-hydrogen) atoms. The summed E-state index contributed by atoms with van der Waals surface area (Å²) < 4.78 is 0. The molecule has 1 aromatic rings. The van der Waals surface area contributed by atoms with Crippen molar-refractivity contribution >= 4 is 34.5 Å². The molecule has 0 unspecified atom stereocenters. The number of nitrogens with zero attached hydrogens (tertiary/aromatic N) is 1. The Hall–Kier alpha value is -1.01. The number of aromatic nitrogens is 1. The zero-order valence-electron chi connectivity index (χ0n) is 9.75. The summed E-state index contributed by atoms with van der Waals surface area (Å²) in [6.07, 6.45) is 0. The highest BCUT2D eigenvalue weighted by Gasteiger charge is 2.25. The summed E-state index contributed by atoms with van der Waals surface area (Å²) in [7, 11) is 0. The predicted molar refractivity (Wildman–Crippen MR) is 69.9 cm³/mol. The minimum Gasteiger partial charge on any atom is -0.391 e. The van der Waals surface area contributed by atoms with E-state index in [2.05, 4.69) is 10.3 Å². The molecule has 6 heteroatoms. The number of nitrogens with one attached hydrogen (secondary N) is 1. The van der Waals surface area contributed by atoms with Crippen LogP contribution in [0.1, 0.15) is 34.2 Å². The molecule has 1 aromatic heterocycles. The second-order valence-electron chi connectivity index (χ2n) is 4.09. The number of amides is 1. The van der Waals surface area contributed by atoms with Crippen LogP contribution in [0, 0.1) is 13.8 Å². The minimum atomic E-state index is -0.684. The van der Waals surface area contributed by atoms with Crippen LogP contribution in [0.15, 0.2) is 0 Å². The fraction of sp³-hybridized carbons (Fsp3) is 0.500. The first-order valence-corrected chi connectivity index (χ1v) is 6.03. The van der Waals surface area contributed by atoms with Crippen molar-refractivity contribution in [3.63, 3.8) is 0 Å². The predicted octanol–water partition coefficient (Wildman–Crippen LogP) is 1.55. The zero-order valence-corrected chi connectivity index (χ0v) is 11.4. The fourth-order valence-electron chi connectivity index (χ4n) is 1.14. The van der Waals surface area contributed by atoms with E-state index in [1.807, 2.05) is 13.8 Å². The van der Waals surface area contributed by atoms with Crippen molar-refractivity contribution in [2.75, 3.05) is 0 Å². The summed E-state index contributed by atoms with van der Waals surface area (Å²) in [5.41, 5.74) is 5.60. The maximum absolute atomic E-state index is 11.9. The quantitative estimate of drug-likeness (QED) is 0.806. The number of hydrogen-bond donors (Lipinski definition) is 2. The first-order valence-electron chi connectivity index (χ1n) is 4.80. The molecule has 4 nitrogen and oxygen atoms in total. The highest BCUT2D eigenvalue weighted by atomic mass is 32.1. The standard InChI is InChI=1S/C10H15N3OS2/c1-5-7(16-6(2)12-5)8(14)13-10(3,4)9(11)15/h1-4H3,(H2,11,15)(H,13,14). The topological polar surface area (TPSA) is 68.0 Å². The van der Waals surface area contributed by atoms with Crippen LogP contribution in [0.25, 0.3) is 0 Å². The van der Waals surface area contributed by atoms with Crippen LogP contribution >= 0.6 is 23.6 Å². The average Bonchev–Trinajstić information content (AvgIpc) is 2.44. The van der Waals surface area contributed by atoms with E-state index in [1.165, 1.54) is 11.3 Å². The highest BCUT2D eigenvalue weighted by molar-refractivity contribution is 7.80. The Balaban J connectivity index is 2.89. The molecule has 0 aliphatic heterocycles. The summed E-state index contributed by atoms with van der Waals surface area (Å²) in [6.45, 7) is 7.23. The zero-order chi connectivity index (χ0) is 12.5. The van der Waals surface area contributed by atoms with E-state index in [9.17, 15) is 4.79 Å². The number of aryl methyl sites for hydroxylation is 2. The normalized spacial score (nSPS) is 11.2. The maximum Gasteiger partial charge on any atom is 0.264 e. The van der Waals surface area contributed by atoms with Gasteiger partial charge in [-0.05, 0) is 27.7 Å². The van der Waals surface area contributed by atoms with Gasteiger partial charge in [-0.15, -0.1) is 11.3 Å². The van der Waals surface area contributed by atoms with Gasteiger partial charge in [0, 0.05) is 0 Å². The average molecular weight is 257 g/mol. The molecular weight excluding hydrogens is 242 g/mol. The van der Waals surface area contributed by atoms with E-state index in [0.717, 1.165) is 10.7 Å². The Kier molecular flexibility index (Phi) is 3.64. The van der Waals surface area contributed by atoms with Gasteiger partial charge >= 0.3 is 0 Å². The van der Waals surface area contributed by atoms with Gasteiger partial charge in [0.15, 0.2) is 0 Å². The monoisotopic (exact) mass is 257 g/mol. The van der Waals surface area contributed by atoms with Crippen molar-refractivity contribution in [1.29, 1.82) is 0 Å². The van der Waals surface area contributed by atoms with E-state index >= 15 is 0 Å². The van der Waals surface area contributed by atoms with Gasteiger partial charge in [0.2, 0.25) is 0 Å². The van der Waals surface area contributed by atoms with Gasteiger partial charge in [0.1, 0.15) is 4.88 Å². The third-order valence-corrected chi connectivity index (χ3v) is 3.73. The second kappa shape index (κ2) is 4.47. The van der Waals surface area contributed by atoms with Gasteiger partial charge < -0.3 is 11.1 Å². The van der Waals surface area contributed by atoms with Crippen molar-refractivity contribution in [3.05, 3.63) is 15.6 Å². The molecule has 0 saturated carbocycles. The number of carbonyl (C=O) groups is 1. The smallest absolute Gasteiger partial charge is 0.264 e. The van der Waals surface area contributed by atoms with Crippen molar-refractivity contribution in [2.45, 2.75) is 33.2 Å². The molecule has 0 aromatic carbocycles. The lowest BCUT2D eigenvalue weighted by atomic mass is 10.1. The summed E-state index contributed by atoms with van der Waals surface area (Å²) in [5, 5.41) is 3.66. The van der Waals surface area contributed by atoms with Crippen LogP contribution in [0.3, 0.4) is 0 Å². The Morgan fingerprint density at radius 1 is 1.50 bits per heavy atom. The molecule has 0 spiro atoms. The van der Waals surface area contributed by atoms with E-state index in [0.29, 0.717) is 4.88 Å². The summed E-state index contributed by atoms with van der Waals surface area (Å²) >= 11 is 6.26. The summed E-state index contributed by atoms with van der Waals surface area (Å²) in [5.74, 6) is -0.180. The number of hydrogen-bond acceptors (Lipinski definition) is 4. The minimum absolute atomic E-state index is 0.180. The molecule has 0 bridgehead atoms. The first kappa shape index (κ1) is 13.1. The molecule has 0 aliphatic carbocycles. The number of carbonyl (C=O) groups excluding carboxylic acids is 1. The molecule has 1 amide bonds. The lowest BCUT2D eigenvalue weighted by Gasteiger charge is -2.24. The molecule has 0 saturated heterocycles. The molecule has 88 valence electrons. The fourth-order valence-corrected chi connectivity index (χ4v) is 2.01. The number of thiazole rings is 1. The highest BCUT2D eigenvalue weighted by Crippen LogP contribution is 2.18. The van der Waals surface area contributed by atoms with E-state index in [4.69, 9.17) is 18.0 Å². The van der Waals surface area contributed by atoms with Crippen LogP contribution in [0.5, 0.6) is 0 Å². The number of nitrogens with two attached hydrogens (primary N) is 1. The van der Waals surface area contributed by atoms with Crippen molar-refractivity contribution in [1.82, 2.24) is 10.3 Å². The van der Waals surface area contributed by atoms with Crippen LogP contribution in [0.4, 0.5) is 0 Å². The molecule has 0 fully saturated rings. The SMILES string of the molecule is Cc1nc(C)c(C(=O)NC(C)(C)C(N)=S)s1. The Morgan fingerprint density at radius 2 is 2.06 bits per heavy atom.